The van der Waals surface area contributed by atoms with Crippen LogP contribution in [0.4, 0.5) is 0 Å². The minimum atomic E-state index is -0.424. The van der Waals surface area contributed by atoms with E-state index in [2.05, 4.69) is 20.1 Å². The molecule has 0 amide bonds. The lowest BCUT2D eigenvalue weighted by molar-refractivity contribution is 0.146. The van der Waals surface area contributed by atoms with E-state index in [0.29, 0.717) is 36.8 Å². The monoisotopic (exact) mass is 473 g/mol. The third kappa shape index (κ3) is 5.79. The zero-order valence-corrected chi connectivity index (χ0v) is 19.6. The van der Waals surface area contributed by atoms with Crippen LogP contribution >= 0.6 is 0 Å². The molecule has 10 nitrogen and oxygen atoms in total. The average molecular weight is 474 g/mol. The second kappa shape index (κ2) is 10.7. The molecule has 180 valence electrons. The Morgan fingerprint density at radius 1 is 1.14 bits per heavy atom. The summed E-state index contributed by atoms with van der Waals surface area (Å²) in [6.07, 6.45) is 3.66. The van der Waals surface area contributed by atoms with Gasteiger partial charge in [-0.3, -0.25) is 10.4 Å². The first-order valence-electron chi connectivity index (χ1n) is 11.1. The van der Waals surface area contributed by atoms with Crippen LogP contribution in [0.15, 0.2) is 65.7 Å². The molecule has 4 aromatic rings. The van der Waals surface area contributed by atoms with Crippen LogP contribution in [0.5, 0.6) is 5.75 Å². The summed E-state index contributed by atoms with van der Waals surface area (Å²) >= 11 is 0. The van der Waals surface area contributed by atoms with Crippen molar-refractivity contribution in [3.63, 3.8) is 0 Å². The molecule has 1 atom stereocenters. The molecule has 0 aliphatic carbocycles. The highest BCUT2D eigenvalue weighted by Crippen LogP contribution is 2.30. The Labute approximate surface area is 202 Å². The van der Waals surface area contributed by atoms with Crippen LogP contribution in [-0.4, -0.2) is 50.9 Å². The van der Waals surface area contributed by atoms with Crippen LogP contribution in [-0.2, 0) is 11.2 Å². The smallest absolute Gasteiger partial charge is 0.350 e. The van der Waals surface area contributed by atoms with Crippen molar-refractivity contribution in [2.45, 2.75) is 19.3 Å². The number of H-pyrrole nitrogens is 1. The van der Waals surface area contributed by atoms with E-state index in [4.69, 9.17) is 20.6 Å². The first-order chi connectivity index (χ1) is 16.9. The summed E-state index contributed by atoms with van der Waals surface area (Å²) < 4.78 is 12.1. The fraction of sp³-hybridized carbons (Fsp3) is 0.240. The lowest BCUT2D eigenvalue weighted by Crippen LogP contribution is -2.18. The van der Waals surface area contributed by atoms with Gasteiger partial charge in [0.15, 0.2) is 0 Å². The van der Waals surface area contributed by atoms with Crippen molar-refractivity contribution < 1.29 is 9.47 Å². The van der Waals surface area contributed by atoms with Gasteiger partial charge in [0.05, 0.1) is 6.61 Å². The van der Waals surface area contributed by atoms with Crippen LogP contribution in [0, 0.1) is 12.3 Å². The second-order valence-electron chi connectivity index (χ2n) is 8.06. The highest BCUT2D eigenvalue weighted by atomic mass is 16.5. The van der Waals surface area contributed by atoms with Crippen molar-refractivity contribution in [2.75, 3.05) is 20.3 Å². The van der Waals surface area contributed by atoms with Gasteiger partial charge < -0.3 is 15.2 Å². The predicted octanol–water partition coefficient (Wildman–Crippen LogP) is 2.34. The molecule has 0 saturated heterocycles. The van der Waals surface area contributed by atoms with Crippen molar-refractivity contribution in [2.24, 2.45) is 5.73 Å². The molecule has 0 saturated carbocycles. The average Bonchev–Trinajstić information content (AvgIpc) is 3.24. The molecule has 0 aliphatic heterocycles. The number of nitrogen functional groups attached to an aromatic ring is 1. The van der Waals surface area contributed by atoms with Crippen LogP contribution in [0.2, 0.25) is 0 Å². The van der Waals surface area contributed by atoms with Crippen molar-refractivity contribution >= 4 is 5.84 Å². The van der Waals surface area contributed by atoms with E-state index in [0.717, 1.165) is 21.4 Å². The highest BCUT2D eigenvalue weighted by molar-refractivity contribution is 5.94. The molecule has 0 radical (unpaired) electrons. The van der Waals surface area contributed by atoms with Gasteiger partial charge in [0, 0.05) is 31.0 Å². The molecule has 35 heavy (non-hydrogen) atoms. The fourth-order valence-corrected chi connectivity index (χ4v) is 3.77. The molecule has 0 spiro atoms. The van der Waals surface area contributed by atoms with E-state index < -0.39 is 5.69 Å². The molecule has 0 bridgehead atoms. The number of ether oxygens (including phenoxy) is 2. The SMILES string of the molecule is COCCOc1cc(C)cc(C(Cc2ccc(C(=N)N)cc2)c2nn(-c3ncccn3)c(=O)[nH]2)c1. The molecular formula is C25H27N7O3. The fourth-order valence-electron chi connectivity index (χ4n) is 3.77. The highest BCUT2D eigenvalue weighted by Gasteiger charge is 2.22. The molecule has 4 N–H and O–H groups in total. The van der Waals surface area contributed by atoms with Gasteiger partial charge in [-0.05, 0) is 48.2 Å². The number of amidine groups is 1. The minimum absolute atomic E-state index is 0.00978. The summed E-state index contributed by atoms with van der Waals surface area (Å²) in [5, 5.41) is 12.2. The summed E-state index contributed by atoms with van der Waals surface area (Å²) in [5.74, 6) is 1.10. The van der Waals surface area contributed by atoms with E-state index in [1.807, 2.05) is 49.4 Å². The normalized spacial score (nSPS) is 11.8. The number of rotatable bonds is 10. The van der Waals surface area contributed by atoms with E-state index in [-0.39, 0.29) is 17.7 Å². The maximum atomic E-state index is 12.7. The first kappa shape index (κ1) is 23.8. The Morgan fingerprint density at radius 3 is 2.57 bits per heavy atom. The Morgan fingerprint density at radius 2 is 1.89 bits per heavy atom. The molecule has 0 aliphatic rings. The standard InChI is InChI=1S/C25H27N7O3/c1-16-12-19(15-20(13-16)35-11-10-34-2)21(14-17-4-6-18(7-5-17)22(26)27)23-30-25(33)32(31-23)24-28-8-3-9-29-24/h3-9,12-13,15,21H,10-11,14H2,1-2H3,(H3,26,27)(H,30,31,33). The predicted molar refractivity (Wildman–Crippen MR) is 131 cm³/mol. The summed E-state index contributed by atoms with van der Waals surface area (Å²) in [6.45, 7) is 2.89. The molecule has 10 heteroatoms. The van der Waals surface area contributed by atoms with E-state index >= 15 is 0 Å². The summed E-state index contributed by atoms with van der Waals surface area (Å²) in [7, 11) is 1.63. The summed E-state index contributed by atoms with van der Waals surface area (Å²) in [5.41, 5.74) is 8.77. The van der Waals surface area contributed by atoms with Gasteiger partial charge in [-0.25, -0.2) is 14.8 Å². The quantitative estimate of drug-likeness (QED) is 0.182. The van der Waals surface area contributed by atoms with Crippen LogP contribution < -0.4 is 16.2 Å². The minimum Gasteiger partial charge on any atom is -0.491 e. The van der Waals surface area contributed by atoms with Crippen LogP contribution in [0.25, 0.3) is 5.95 Å². The van der Waals surface area contributed by atoms with Gasteiger partial charge in [-0.2, -0.15) is 0 Å². The van der Waals surface area contributed by atoms with Crippen molar-refractivity contribution in [1.82, 2.24) is 24.7 Å². The van der Waals surface area contributed by atoms with Crippen LogP contribution in [0.3, 0.4) is 0 Å². The van der Waals surface area contributed by atoms with Crippen molar-refractivity contribution in [1.29, 1.82) is 5.41 Å². The summed E-state index contributed by atoms with van der Waals surface area (Å²) in [4.78, 5) is 23.9. The number of methoxy groups -OCH3 is 1. The molecule has 4 rings (SSSR count). The Hall–Kier alpha value is -4.31. The lowest BCUT2D eigenvalue weighted by Gasteiger charge is -2.18. The number of benzene rings is 2. The second-order valence-corrected chi connectivity index (χ2v) is 8.06. The van der Waals surface area contributed by atoms with Gasteiger partial charge in [0.25, 0.3) is 5.95 Å². The van der Waals surface area contributed by atoms with E-state index in [1.165, 1.54) is 0 Å². The maximum Gasteiger partial charge on any atom is 0.350 e. The van der Waals surface area contributed by atoms with E-state index in [9.17, 15) is 4.79 Å². The van der Waals surface area contributed by atoms with Gasteiger partial charge in [0.1, 0.15) is 24.0 Å². The molecule has 2 aromatic carbocycles. The number of nitrogens with two attached hydrogens (primary N) is 1. The van der Waals surface area contributed by atoms with Gasteiger partial charge >= 0.3 is 5.69 Å². The zero-order chi connectivity index (χ0) is 24.8. The number of nitrogens with one attached hydrogen (secondary N) is 2. The van der Waals surface area contributed by atoms with Gasteiger partial charge in [-0.15, -0.1) is 9.78 Å². The Bertz CT molecular complexity index is 1350. The largest absolute Gasteiger partial charge is 0.491 e. The number of aromatic nitrogens is 5. The molecule has 2 aromatic heterocycles. The third-order valence-corrected chi connectivity index (χ3v) is 5.44. The molecular weight excluding hydrogens is 446 g/mol. The van der Waals surface area contributed by atoms with Crippen molar-refractivity contribution in [3.8, 4) is 11.7 Å². The Balaban J connectivity index is 1.75. The number of hydrogen-bond donors (Lipinski definition) is 3. The molecule has 0 fully saturated rings. The van der Waals surface area contributed by atoms with Crippen LogP contribution in [0.1, 0.15) is 34.0 Å². The topological polar surface area (TPSA) is 145 Å². The summed E-state index contributed by atoms with van der Waals surface area (Å²) in [6, 6.07) is 15.1. The number of aryl methyl sites for hydroxylation is 1. The van der Waals surface area contributed by atoms with Crippen molar-refractivity contribution in [3.05, 3.63) is 99.5 Å². The zero-order valence-electron chi connectivity index (χ0n) is 19.6. The Kier molecular flexibility index (Phi) is 7.32. The maximum absolute atomic E-state index is 12.7. The third-order valence-electron chi connectivity index (χ3n) is 5.44. The number of nitrogens with zero attached hydrogens (tertiary/aromatic N) is 4. The lowest BCUT2D eigenvalue weighted by atomic mass is 9.90. The molecule has 1 unspecified atom stereocenters. The van der Waals surface area contributed by atoms with E-state index in [1.54, 1.807) is 25.6 Å². The first-order valence-corrected chi connectivity index (χ1v) is 11.1. The molecule has 2 heterocycles. The number of hydrogen-bond acceptors (Lipinski definition) is 7. The van der Waals surface area contributed by atoms with Gasteiger partial charge in [0.2, 0.25) is 0 Å². The number of aromatic amines is 1. The van der Waals surface area contributed by atoms with Gasteiger partial charge in [-0.1, -0.05) is 30.3 Å².